The number of methoxy groups -OCH3 is 1. The maximum Gasteiger partial charge on any atom is 0.122 e. The third kappa shape index (κ3) is 2.45. The number of ether oxygens (including phenoxy) is 1. The molecule has 1 aromatic carbocycles. The molecule has 0 heterocycles. The van der Waals surface area contributed by atoms with Crippen molar-refractivity contribution in [1.82, 2.24) is 0 Å². The van der Waals surface area contributed by atoms with Crippen LogP contribution in [-0.4, -0.2) is 12.4 Å². The van der Waals surface area contributed by atoms with Gasteiger partial charge in [-0.25, -0.2) is 0 Å². The van der Waals surface area contributed by atoms with Crippen molar-refractivity contribution in [3.05, 3.63) is 28.2 Å². The van der Waals surface area contributed by atoms with Gasteiger partial charge in [-0.15, -0.1) is 0 Å². The van der Waals surface area contributed by atoms with Crippen molar-refractivity contribution in [2.24, 2.45) is 5.41 Å². The van der Waals surface area contributed by atoms with E-state index in [2.05, 4.69) is 37.9 Å². The van der Waals surface area contributed by atoms with Gasteiger partial charge in [0.2, 0.25) is 0 Å². The summed E-state index contributed by atoms with van der Waals surface area (Å²) in [5.41, 5.74) is 1.78. The minimum absolute atomic E-state index is 0.466. The van der Waals surface area contributed by atoms with Gasteiger partial charge in [0.25, 0.3) is 0 Å². The van der Waals surface area contributed by atoms with Gasteiger partial charge in [-0.2, -0.15) is 0 Å². The minimum atomic E-state index is 0.466. The third-order valence-corrected chi connectivity index (χ3v) is 5.19. The molecule has 1 nitrogen and oxygen atoms in total. The molecule has 16 heavy (non-hydrogen) atoms. The van der Waals surface area contributed by atoms with Gasteiger partial charge < -0.3 is 4.74 Å². The van der Waals surface area contributed by atoms with E-state index in [-0.39, 0.29) is 0 Å². The summed E-state index contributed by atoms with van der Waals surface area (Å²) in [5.74, 6) is 1.01. The summed E-state index contributed by atoms with van der Waals surface area (Å²) in [6.45, 7) is 0. The molecule has 0 bridgehead atoms. The van der Waals surface area contributed by atoms with Crippen LogP contribution in [0.2, 0.25) is 0 Å². The van der Waals surface area contributed by atoms with Gasteiger partial charge in [-0.3, -0.25) is 0 Å². The van der Waals surface area contributed by atoms with Crippen molar-refractivity contribution >= 4 is 31.9 Å². The normalized spacial score (nSPS) is 17.9. The highest BCUT2D eigenvalue weighted by Crippen LogP contribution is 2.46. The summed E-state index contributed by atoms with van der Waals surface area (Å²) in [6, 6.07) is 6.26. The molecule has 1 aliphatic carbocycles. The fourth-order valence-electron chi connectivity index (χ4n) is 2.32. The number of benzene rings is 1. The molecule has 0 aromatic heterocycles. The van der Waals surface area contributed by atoms with Crippen LogP contribution in [0.25, 0.3) is 0 Å². The lowest BCUT2D eigenvalue weighted by molar-refractivity contribution is 0.168. The van der Waals surface area contributed by atoms with Crippen LogP contribution >= 0.6 is 31.9 Å². The molecule has 1 aromatic rings. The molecule has 3 heteroatoms. The Balaban J connectivity index is 2.22. The zero-order valence-electron chi connectivity index (χ0n) is 9.43. The van der Waals surface area contributed by atoms with Crippen molar-refractivity contribution in [3.63, 3.8) is 0 Å². The largest absolute Gasteiger partial charge is 0.496 e. The summed E-state index contributed by atoms with van der Waals surface area (Å²) >= 11 is 7.18. The Morgan fingerprint density at radius 3 is 2.62 bits per heavy atom. The topological polar surface area (TPSA) is 9.23 Å². The number of alkyl halides is 1. The van der Waals surface area contributed by atoms with Gasteiger partial charge in [-0.05, 0) is 48.4 Å². The second kappa shape index (κ2) is 5.09. The monoisotopic (exact) mass is 346 g/mol. The number of hydrogen-bond acceptors (Lipinski definition) is 1. The summed E-state index contributed by atoms with van der Waals surface area (Å²) in [7, 11) is 1.74. The Hall–Kier alpha value is -0.0200. The first-order chi connectivity index (χ1) is 7.69. The molecule has 0 saturated heterocycles. The van der Waals surface area contributed by atoms with Crippen LogP contribution in [0.3, 0.4) is 0 Å². The predicted octanol–water partition coefficient (Wildman–Crippen LogP) is 4.57. The molecule has 88 valence electrons. The maximum absolute atomic E-state index is 5.42. The molecule has 0 atom stereocenters. The quantitative estimate of drug-likeness (QED) is 0.725. The Bertz CT molecular complexity index is 367. The predicted molar refractivity (Wildman–Crippen MR) is 74.5 cm³/mol. The first-order valence-corrected chi connectivity index (χ1v) is 7.49. The zero-order chi connectivity index (χ0) is 11.6. The summed E-state index contributed by atoms with van der Waals surface area (Å²) in [4.78, 5) is 0. The smallest absolute Gasteiger partial charge is 0.122 e. The lowest BCUT2D eigenvalue weighted by Gasteiger charge is -2.41. The van der Waals surface area contributed by atoms with E-state index < -0.39 is 0 Å². The van der Waals surface area contributed by atoms with E-state index in [0.29, 0.717) is 5.41 Å². The van der Waals surface area contributed by atoms with E-state index in [9.17, 15) is 0 Å². The van der Waals surface area contributed by atoms with Crippen molar-refractivity contribution < 1.29 is 4.74 Å². The summed E-state index contributed by atoms with van der Waals surface area (Å²) < 4.78 is 6.55. The van der Waals surface area contributed by atoms with Gasteiger partial charge >= 0.3 is 0 Å². The lowest BCUT2D eigenvalue weighted by atomic mass is 9.67. The van der Waals surface area contributed by atoms with Gasteiger partial charge in [-0.1, -0.05) is 38.3 Å². The first kappa shape index (κ1) is 12.4. The van der Waals surface area contributed by atoms with Crippen molar-refractivity contribution in [3.8, 4) is 5.75 Å². The van der Waals surface area contributed by atoms with Crippen LogP contribution in [0.4, 0.5) is 0 Å². The maximum atomic E-state index is 5.42. The lowest BCUT2D eigenvalue weighted by Crippen LogP contribution is -2.33. The average Bonchev–Trinajstić information content (AvgIpc) is 2.24. The molecule has 0 N–H and O–H groups in total. The Kier molecular flexibility index (Phi) is 3.96. The van der Waals surface area contributed by atoms with E-state index in [1.165, 1.54) is 24.8 Å². The van der Waals surface area contributed by atoms with Gasteiger partial charge in [0.1, 0.15) is 5.75 Å². The molecule has 1 saturated carbocycles. The highest BCUT2D eigenvalue weighted by molar-refractivity contribution is 9.10. The third-order valence-electron chi connectivity index (χ3n) is 3.51. The second-order valence-electron chi connectivity index (χ2n) is 4.62. The molecule has 0 spiro atoms. The Labute approximate surface area is 114 Å². The van der Waals surface area contributed by atoms with Gasteiger partial charge in [0.15, 0.2) is 0 Å². The highest BCUT2D eigenvalue weighted by atomic mass is 79.9. The molecule has 0 amide bonds. The van der Waals surface area contributed by atoms with Gasteiger partial charge in [0, 0.05) is 9.80 Å². The molecule has 0 unspecified atom stereocenters. The number of halogens is 2. The van der Waals surface area contributed by atoms with E-state index in [0.717, 1.165) is 22.0 Å². The van der Waals surface area contributed by atoms with Crippen molar-refractivity contribution in [2.45, 2.75) is 25.7 Å². The number of rotatable bonds is 4. The second-order valence-corrected chi connectivity index (χ2v) is 6.10. The van der Waals surface area contributed by atoms with Crippen LogP contribution in [0.5, 0.6) is 5.75 Å². The minimum Gasteiger partial charge on any atom is -0.496 e. The fourth-order valence-corrected chi connectivity index (χ4v) is 3.49. The summed E-state index contributed by atoms with van der Waals surface area (Å²) in [5, 5.41) is 1.09. The number of hydrogen-bond donors (Lipinski definition) is 0. The van der Waals surface area contributed by atoms with Gasteiger partial charge in [0.05, 0.1) is 7.11 Å². The van der Waals surface area contributed by atoms with Crippen molar-refractivity contribution in [1.29, 1.82) is 0 Å². The molecule has 1 aliphatic rings. The van der Waals surface area contributed by atoms with Crippen molar-refractivity contribution in [2.75, 3.05) is 12.4 Å². The summed E-state index contributed by atoms with van der Waals surface area (Å²) in [6.07, 6.45) is 5.13. The van der Waals surface area contributed by atoms with E-state index in [1.54, 1.807) is 7.11 Å². The van der Waals surface area contributed by atoms with E-state index in [1.807, 2.05) is 12.1 Å². The molecular formula is C13H16Br2O. The van der Waals surface area contributed by atoms with Crippen LogP contribution in [0.1, 0.15) is 24.8 Å². The van der Waals surface area contributed by atoms with Crippen LogP contribution in [-0.2, 0) is 6.42 Å². The molecule has 1 fully saturated rings. The Morgan fingerprint density at radius 2 is 2.12 bits per heavy atom. The van der Waals surface area contributed by atoms with E-state index in [4.69, 9.17) is 4.74 Å². The SMILES string of the molecule is COc1ccc(Br)cc1CC1(CBr)CCC1. The highest BCUT2D eigenvalue weighted by Gasteiger charge is 2.36. The first-order valence-electron chi connectivity index (χ1n) is 5.57. The fraction of sp³-hybridized carbons (Fsp3) is 0.538. The molecule has 2 rings (SSSR count). The Morgan fingerprint density at radius 1 is 1.38 bits per heavy atom. The molecule has 0 aliphatic heterocycles. The molecule has 0 radical (unpaired) electrons. The van der Waals surface area contributed by atoms with Crippen LogP contribution in [0, 0.1) is 5.41 Å². The average molecular weight is 348 g/mol. The van der Waals surface area contributed by atoms with E-state index >= 15 is 0 Å². The standard InChI is InChI=1S/C13H16Br2O/c1-16-12-4-3-11(15)7-10(12)8-13(9-14)5-2-6-13/h3-4,7H,2,5-6,8-9H2,1H3. The zero-order valence-corrected chi connectivity index (χ0v) is 12.6. The van der Waals surface area contributed by atoms with Crippen LogP contribution < -0.4 is 4.74 Å². The molecular weight excluding hydrogens is 332 g/mol. The van der Waals surface area contributed by atoms with Crippen LogP contribution in [0.15, 0.2) is 22.7 Å².